The van der Waals surface area contributed by atoms with Crippen LogP contribution in [0.4, 0.5) is 5.95 Å². The first-order chi connectivity index (χ1) is 6.15. The van der Waals surface area contributed by atoms with Crippen molar-refractivity contribution >= 4 is 5.95 Å². The molecular weight excluding hydrogens is 172 g/mol. The number of nitrogens with two attached hydrogens (primary N) is 1. The Morgan fingerprint density at radius 3 is 2.38 bits per heavy atom. The molecular formula is C7H8N4O2. The van der Waals surface area contributed by atoms with Crippen LogP contribution >= 0.6 is 0 Å². The van der Waals surface area contributed by atoms with Crippen LogP contribution in [0.2, 0.25) is 0 Å². The SMILES string of the molecule is N#CC(O)C(O)c1cnc(N)nc1. The van der Waals surface area contributed by atoms with Crippen LogP contribution in [0.25, 0.3) is 0 Å². The number of anilines is 1. The van der Waals surface area contributed by atoms with E-state index < -0.39 is 12.2 Å². The lowest BCUT2D eigenvalue weighted by atomic mass is 10.1. The van der Waals surface area contributed by atoms with E-state index in [2.05, 4.69) is 9.97 Å². The molecule has 1 aromatic heterocycles. The zero-order valence-electron chi connectivity index (χ0n) is 6.62. The minimum absolute atomic E-state index is 0.0717. The molecule has 68 valence electrons. The number of aliphatic hydroxyl groups is 2. The van der Waals surface area contributed by atoms with Gasteiger partial charge >= 0.3 is 0 Å². The molecule has 0 aromatic carbocycles. The lowest BCUT2D eigenvalue weighted by Gasteiger charge is -2.10. The summed E-state index contributed by atoms with van der Waals surface area (Å²) in [6.07, 6.45) is -0.265. The summed E-state index contributed by atoms with van der Waals surface area (Å²) in [5, 5.41) is 26.5. The predicted octanol–water partition coefficient (Wildman–Crippen LogP) is -1.02. The molecule has 1 aromatic rings. The van der Waals surface area contributed by atoms with Crippen LogP contribution in [0.3, 0.4) is 0 Å². The number of aromatic nitrogens is 2. The van der Waals surface area contributed by atoms with E-state index in [1.807, 2.05) is 0 Å². The van der Waals surface area contributed by atoms with Gasteiger partial charge in [0.1, 0.15) is 6.10 Å². The Bertz CT molecular complexity index is 318. The Hall–Kier alpha value is -1.71. The van der Waals surface area contributed by atoms with E-state index in [1.54, 1.807) is 0 Å². The number of hydrogen-bond donors (Lipinski definition) is 3. The third kappa shape index (κ3) is 2.11. The van der Waals surface area contributed by atoms with Gasteiger partial charge in [-0.1, -0.05) is 0 Å². The maximum atomic E-state index is 9.29. The lowest BCUT2D eigenvalue weighted by Crippen LogP contribution is -2.16. The maximum absolute atomic E-state index is 9.29. The molecule has 0 amide bonds. The largest absolute Gasteiger partial charge is 0.384 e. The van der Waals surface area contributed by atoms with E-state index in [1.165, 1.54) is 18.5 Å². The average molecular weight is 180 g/mol. The van der Waals surface area contributed by atoms with Crippen molar-refractivity contribution in [2.45, 2.75) is 12.2 Å². The molecule has 6 heteroatoms. The molecule has 0 radical (unpaired) electrons. The minimum Gasteiger partial charge on any atom is -0.384 e. The summed E-state index contributed by atoms with van der Waals surface area (Å²) in [5.41, 5.74) is 5.46. The quantitative estimate of drug-likeness (QED) is 0.501. The van der Waals surface area contributed by atoms with Crippen molar-refractivity contribution < 1.29 is 10.2 Å². The number of rotatable bonds is 2. The summed E-state index contributed by atoms with van der Waals surface area (Å²) in [4.78, 5) is 7.21. The standard InChI is InChI=1S/C7H8N4O2/c8-1-5(12)6(13)4-2-10-7(9)11-3-4/h2-3,5-6,12-13H,(H2,9,10,11). The van der Waals surface area contributed by atoms with Crippen LogP contribution in [0.1, 0.15) is 11.7 Å². The van der Waals surface area contributed by atoms with Crippen molar-refractivity contribution in [1.29, 1.82) is 5.26 Å². The Balaban J connectivity index is 2.84. The van der Waals surface area contributed by atoms with Crippen molar-refractivity contribution in [3.63, 3.8) is 0 Å². The number of aliphatic hydroxyl groups excluding tert-OH is 2. The molecule has 0 saturated heterocycles. The van der Waals surface area contributed by atoms with E-state index in [4.69, 9.17) is 16.1 Å². The number of hydrogen-bond acceptors (Lipinski definition) is 6. The first-order valence-corrected chi connectivity index (χ1v) is 3.48. The van der Waals surface area contributed by atoms with Crippen LogP contribution < -0.4 is 5.73 Å². The molecule has 0 saturated carbocycles. The van der Waals surface area contributed by atoms with Gasteiger partial charge in [-0.15, -0.1) is 0 Å². The van der Waals surface area contributed by atoms with E-state index in [0.717, 1.165) is 0 Å². The monoisotopic (exact) mass is 180 g/mol. The van der Waals surface area contributed by atoms with E-state index in [0.29, 0.717) is 0 Å². The fraction of sp³-hybridized carbons (Fsp3) is 0.286. The van der Waals surface area contributed by atoms with Crippen molar-refractivity contribution in [2.24, 2.45) is 0 Å². The van der Waals surface area contributed by atoms with Crippen LogP contribution in [0.15, 0.2) is 12.4 Å². The second-order valence-electron chi connectivity index (χ2n) is 2.39. The molecule has 13 heavy (non-hydrogen) atoms. The third-order valence-corrected chi connectivity index (χ3v) is 1.46. The maximum Gasteiger partial charge on any atom is 0.219 e. The molecule has 0 fully saturated rings. The molecule has 0 bridgehead atoms. The molecule has 2 atom stereocenters. The zero-order valence-corrected chi connectivity index (χ0v) is 6.62. The fourth-order valence-corrected chi connectivity index (χ4v) is 0.754. The Morgan fingerprint density at radius 1 is 1.38 bits per heavy atom. The average Bonchev–Trinajstić information content (AvgIpc) is 2.17. The summed E-state index contributed by atoms with van der Waals surface area (Å²) in [6, 6.07) is 1.50. The van der Waals surface area contributed by atoms with Crippen LogP contribution in [-0.4, -0.2) is 26.3 Å². The highest BCUT2D eigenvalue weighted by atomic mass is 16.3. The zero-order chi connectivity index (χ0) is 9.84. The van der Waals surface area contributed by atoms with Crippen molar-refractivity contribution in [1.82, 2.24) is 9.97 Å². The van der Waals surface area contributed by atoms with Gasteiger partial charge in [-0.25, -0.2) is 9.97 Å². The highest BCUT2D eigenvalue weighted by Gasteiger charge is 2.17. The smallest absolute Gasteiger partial charge is 0.219 e. The number of nitrogens with zero attached hydrogens (tertiary/aromatic N) is 3. The minimum atomic E-state index is -1.48. The molecule has 0 spiro atoms. The summed E-state index contributed by atoms with van der Waals surface area (Å²) in [7, 11) is 0. The summed E-state index contributed by atoms with van der Waals surface area (Å²) in [6.45, 7) is 0. The molecule has 0 aliphatic rings. The topological polar surface area (TPSA) is 116 Å². The molecule has 1 heterocycles. The van der Waals surface area contributed by atoms with Gasteiger partial charge in [0, 0.05) is 18.0 Å². The number of nitriles is 1. The molecule has 0 aliphatic heterocycles. The van der Waals surface area contributed by atoms with E-state index >= 15 is 0 Å². The van der Waals surface area contributed by atoms with Crippen molar-refractivity contribution in [3.05, 3.63) is 18.0 Å². The first kappa shape index (κ1) is 9.38. The molecule has 6 nitrogen and oxygen atoms in total. The molecule has 0 aliphatic carbocycles. The van der Waals surface area contributed by atoms with E-state index in [-0.39, 0.29) is 11.5 Å². The molecule has 1 rings (SSSR count). The van der Waals surface area contributed by atoms with Gasteiger partial charge < -0.3 is 15.9 Å². The Morgan fingerprint density at radius 2 is 1.92 bits per heavy atom. The predicted molar refractivity (Wildman–Crippen MR) is 43.0 cm³/mol. The lowest BCUT2D eigenvalue weighted by molar-refractivity contribution is 0.0523. The van der Waals surface area contributed by atoms with E-state index in [9.17, 15) is 5.11 Å². The van der Waals surface area contributed by atoms with Gasteiger partial charge in [-0.05, 0) is 0 Å². The highest BCUT2D eigenvalue weighted by Crippen LogP contribution is 2.14. The van der Waals surface area contributed by atoms with Gasteiger partial charge in [-0.2, -0.15) is 5.26 Å². The summed E-state index contributed by atoms with van der Waals surface area (Å²) < 4.78 is 0. The second kappa shape index (κ2) is 3.80. The Kier molecular flexibility index (Phi) is 2.74. The van der Waals surface area contributed by atoms with Crippen LogP contribution in [0.5, 0.6) is 0 Å². The first-order valence-electron chi connectivity index (χ1n) is 3.48. The normalized spacial score (nSPS) is 14.5. The van der Waals surface area contributed by atoms with Gasteiger partial charge in [-0.3, -0.25) is 0 Å². The summed E-state index contributed by atoms with van der Waals surface area (Å²) >= 11 is 0. The Labute approximate surface area is 74.3 Å². The van der Waals surface area contributed by atoms with Gasteiger partial charge in [0.15, 0.2) is 6.10 Å². The third-order valence-electron chi connectivity index (χ3n) is 1.46. The molecule has 4 N–H and O–H groups in total. The highest BCUT2D eigenvalue weighted by molar-refractivity contribution is 5.20. The van der Waals surface area contributed by atoms with Gasteiger partial charge in [0.05, 0.1) is 6.07 Å². The van der Waals surface area contributed by atoms with Gasteiger partial charge in [0.25, 0.3) is 0 Å². The van der Waals surface area contributed by atoms with Gasteiger partial charge in [0.2, 0.25) is 5.95 Å². The molecule has 2 unspecified atom stereocenters. The van der Waals surface area contributed by atoms with Crippen molar-refractivity contribution in [3.8, 4) is 6.07 Å². The van der Waals surface area contributed by atoms with Crippen molar-refractivity contribution in [2.75, 3.05) is 5.73 Å². The summed E-state index contributed by atoms with van der Waals surface area (Å²) in [5.74, 6) is 0.0717. The van der Waals surface area contributed by atoms with Crippen LogP contribution in [0, 0.1) is 11.3 Å². The van der Waals surface area contributed by atoms with Crippen LogP contribution in [-0.2, 0) is 0 Å². The number of nitrogen functional groups attached to an aromatic ring is 1. The second-order valence-corrected chi connectivity index (χ2v) is 2.39. The fourth-order valence-electron chi connectivity index (χ4n) is 0.754.